The summed E-state index contributed by atoms with van der Waals surface area (Å²) in [7, 11) is 0. The SMILES string of the molecule is Cc1cc(NC(=O)CC(C)C2CCCNC2)ccc1O. The fourth-order valence-corrected chi connectivity index (χ4v) is 2.77. The number of nitrogens with one attached hydrogen (secondary N) is 2. The lowest BCUT2D eigenvalue weighted by molar-refractivity contribution is -0.117. The van der Waals surface area contributed by atoms with Gasteiger partial charge in [-0.25, -0.2) is 0 Å². The van der Waals surface area contributed by atoms with E-state index in [1.165, 1.54) is 12.8 Å². The first-order chi connectivity index (χ1) is 9.56. The summed E-state index contributed by atoms with van der Waals surface area (Å²) in [6.45, 7) is 6.09. The van der Waals surface area contributed by atoms with Gasteiger partial charge in [0, 0.05) is 12.1 Å². The zero-order valence-electron chi connectivity index (χ0n) is 12.3. The smallest absolute Gasteiger partial charge is 0.224 e. The summed E-state index contributed by atoms with van der Waals surface area (Å²) in [6.07, 6.45) is 2.96. The lowest BCUT2D eigenvalue weighted by atomic mass is 9.85. The minimum atomic E-state index is 0.0492. The minimum Gasteiger partial charge on any atom is -0.508 e. The summed E-state index contributed by atoms with van der Waals surface area (Å²) in [5.41, 5.74) is 1.52. The third-order valence-electron chi connectivity index (χ3n) is 4.13. The van der Waals surface area contributed by atoms with E-state index in [1.54, 1.807) is 18.2 Å². The van der Waals surface area contributed by atoms with Crippen LogP contribution < -0.4 is 10.6 Å². The molecule has 2 unspecified atom stereocenters. The Bertz CT molecular complexity index is 468. The van der Waals surface area contributed by atoms with Crippen molar-refractivity contribution in [1.29, 1.82) is 0 Å². The molecule has 1 aliphatic heterocycles. The first-order valence-electron chi connectivity index (χ1n) is 7.36. The van der Waals surface area contributed by atoms with Gasteiger partial charge in [0.25, 0.3) is 0 Å². The van der Waals surface area contributed by atoms with Crippen molar-refractivity contribution in [1.82, 2.24) is 5.32 Å². The molecule has 3 N–H and O–H groups in total. The number of aryl methyl sites for hydroxylation is 1. The molecule has 110 valence electrons. The molecule has 4 nitrogen and oxygen atoms in total. The van der Waals surface area contributed by atoms with Gasteiger partial charge in [0.2, 0.25) is 5.91 Å². The van der Waals surface area contributed by atoms with Crippen LogP contribution in [0, 0.1) is 18.8 Å². The Morgan fingerprint density at radius 2 is 2.35 bits per heavy atom. The van der Waals surface area contributed by atoms with Crippen LogP contribution in [-0.4, -0.2) is 24.1 Å². The van der Waals surface area contributed by atoms with E-state index in [0.29, 0.717) is 18.3 Å². The molecule has 0 spiro atoms. The van der Waals surface area contributed by atoms with Crippen molar-refractivity contribution in [2.24, 2.45) is 11.8 Å². The summed E-state index contributed by atoms with van der Waals surface area (Å²) in [6, 6.07) is 5.13. The average Bonchev–Trinajstić information content (AvgIpc) is 2.44. The maximum Gasteiger partial charge on any atom is 0.224 e. The van der Waals surface area contributed by atoms with Gasteiger partial charge in [-0.2, -0.15) is 0 Å². The molecule has 2 rings (SSSR count). The molecule has 0 aliphatic carbocycles. The number of rotatable bonds is 4. The van der Waals surface area contributed by atoms with Crippen molar-refractivity contribution in [3.05, 3.63) is 23.8 Å². The number of aromatic hydroxyl groups is 1. The number of hydrogen-bond donors (Lipinski definition) is 3. The zero-order valence-corrected chi connectivity index (χ0v) is 12.3. The Morgan fingerprint density at radius 1 is 1.55 bits per heavy atom. The van der Waals surface area contributed by atoms with Crippen molar-refractivity contribution < 1.29 is 9.90 Å². The molecule has 1 aliphatic rings. The van der Waals surface area contributed by atoms with Crippen LogP contribution >= 0.6 is 0 Å². The Morgan fingerprint density at radius 3 is 3.00 bits per heavy atom. The van der Waals surface area contributed by atoms with Crippen molar-refractivity contribution in [3.63, 3.8) is 0 Å². The predicted molar refractivity (Wildman–Crippen MR) is 80.8 cm³/mol. The highest BCUT2D eigenvalue weighted by Gasteiger charge is 2.22. The van der Waals surface area contributed by atoms with Crippen LogP contribution in [0.4, 0.5) is 5.69 Å². The van der Waals surface area contributed by atoms with Crippen LogP contribution in [0.1, 0.15) is 31.7 Å². The number of amides is 1. The second-order valence-electron chi connectivity index (χ2n) is 5.84. The molecular formula is C16H24N2O2. The van der Waals surface area contributed by atoms with Gasteiger partial charge < -0.3 is 15.7 Å². The number of carbonyl (C=O) groups is 1. The van der Waals surface area contributed by atoms with Crippen LogP contribution in [-0.2, 0) is 4.79 Å². The maximum atomic E-state index is 12.1. The topological polar surface area (TPSA) is 61.4 Å². The summed E-state index contributed by atoms with van der Waals surface area (Å²) >= 11 is 0. The van der Waals surface area contributed by atoms with Crippen molar-refractivity contribution in [3.8, 4) is 5.75 Å². The molecule has 1 amide bonds. The van der Waals surface area contributed by atoms with Crippen molar-refractivity contribution in [2.45, 2.75) is 33.1 Å². The van der Waals surface area contributed by atoms with Gasteiger partial charge in [0.1, 0.15) is 5.75 Å². The van der Waals surface area contributed by atoms with Gasteiger partial charge in [-0.15, -0.1) is 0 Å². The average molecular weight is 276 g/mol. The van der Waals surface area contributed by atoms with E-state index in [9.17, 15) is 9.90 Å². The highest BCUT2D eigenvalue weighted by Crippen LogP contribution is 2.24. The Balaban J connectivity index is 1.86. The molecule has 1 aromatic rings. The van der Waals surface area contributed by atoms with E-state index in [1.807, 2.05) is 6.92 Å². The number of phenolic OH excluding ortho intramolecular Hbond substituents is 1. The van der Waals surface area contributed by atoms with Gasteiger partial charge >= 0.3 is 0 Å². The maximum absolute atomic E-state index is 12.1. The van der Waals surface area contributed by atoms with Gasteiger partial charge in [-0.1, -0.05) is 6.92 Å². The van der Waals surface area contributed by atoms with Crippen molar-refractivity contribution >= 4 is 11.6 Å². The number of hydrogen-bond acceptors (Lipinski definition) is 3. The monoisotopic (exact) mass is 276 g/mol. The Hall–Kier alpha value is -1.55. The summed E-state index contributed by atoms with van der Waals surface area (Å²) < 4.78 is 0. The summed E-state index contributed by atoms with van der Waals surface area (Å²) in [5.74, 6) is 1.29. The van der Waals surface area contributed by atoms with Gasteiger partial charge in [0.15, 0.2) is 0 Å². The standard InChI is InChI=1S/C16H24N2O2/c1-11(13-4-3-7-17-10-13)9-16(20)18-14-5-6-15(19)12(2)8-14/h5-6,8,11,13,17,19H,3-4,7,9-10H2,1-2H3,(H,18,20). The van der Waals surface area contributed by atoms with Gasteiger partial charge in [-0.05, 0) is 68.5 Å². The quantitative estimate of drug-likeness (QED) is 0.741. The molecule has 0 radical (unpaired) electrons. The first kappa shape index (κ1) is 14.9. The second kappa shape index (κ2) is 6.75. The predicted octanol–water partition coefficient (Wildman–Crippen LogP) is 2.66. The Kier molecular flexibility index (Phi) is 5.01. The molecule has 0 bridgehead atoms. The molecule has 1 fully saturated rings. The van der Waals surface area contributed by atoms with E-state index in [4.69, 9.17) is 0 Å². The largest absolute Gasteiger partial charge is 0.508 e. The van der Waals surface area contributed by atoms with Crippen LogP contribution in [0.2, 0.25) is 0 Å². The molecule has 4 heteroatoms. The lowest BCUT2D eigenvalue weighted by Crippen LogP contribution is -2.34. The van der Waals surface area contributed by atoms with E-state index in [2.05, 4.69) is 17.6 Å². The molecule has 1 saturated heterocycles. The molecular weight excluding hydrogens is 252 g/mol. The summed E-state index contributed by atoms with van der Waals surface area (Å²) in [5, 5.41) is 15.8. The number of phenols is 1. The first-order valence-corrected chi connectivity index (χ1v) is 7.36. The molecule has 2 atom stereocenters. The summed E-state index contributed by atoms with van der Waals surface area (Å²) in [4.78, 5) is 12.1. The van der Waals surface area contributed by atoms with E-state index in [-0.39, 0.29) is 11.7 Å². The Labute approximate surface area is 120 Å². The van der Waals surface area contributed by atoms with E-state index < -0.39 is 0 Å². The van der Waals surface area contributed by atoms with E-state index in [0.717, 1.165) is 24.3 Å². The van der Waals surface area contributed by atoms with Gasteiger partial charge in [-0.3, -0.25) is 4.79 Å². The lowest BCUT2D eigenvalue weighted by Gasteiger charge is -2.28. The fourth-order valence-electron chi connectivity index (χ4n) is 2.77. The van der Waals surface area contributed by atoms with Crippen LogP contribution in [0.25, 0.3) is 0 Å². The molecule has 1 aromatic carbocycles. The zero-order chi connectivity index (χ0) is 14.5. The number of benzene rings is 1. The third-order valence-corrected chi connectivity index (χ3v) is 4.13. The minimum absolute atomic E-state index is 0.0492. The highest BCUT2D eigenvalue weighted by molar-refractivity contribution is 5.91. The molecule has 0 saturated carbocycles. The fraction of sp³-hybridized carbons (Fsp3) is 0.562. The number of carbonyl (C=O) groups excluding carboxylic acids is 1. The molecule has 1 heterocycles. The third kappa shape index (κ3) is 3.97. The van der Waals surface area contributed by atoms with E-state index >= 15 is 0 Å². The molecule has 20 heavy (non-hydrogen) atoms. The van der Waals surface area contributed by atoms with Gasteiger partial charge in [0.05, 0.1) is 0 Å². The normalized spacial score (nSPS) is 20.4. The number of piperidine rings is 1. The van der Waals surface area contributed by atoms with Crippen LogP contribution in [0.5, 0.6) is 5.75 Å². The number of anilines is 1. The molecule has 0 aromatic heterocycles. The van der Waals surface area contributed by atoms with Crippen LogP contribution in [0.3, 0.4) is 0 Å². The highest BCUT2D eigenvalue weighted by atomic mass is 16.3. The van der Waals surface area contributed by atoms with Crippen molar-refractivity contribution in [2.75, 3.05) is 18.4 Å². The second-order valence-corrected chi connectivity index (χ2v) is 5.84. The van der Waals surface area contributed by atoms with Crippen LogP contribution in [0.15, 0.2) is 18.2 Å².